The zero-order valence-electron chi connectivity index (χ0n) is 4.03. The van der Waals surface area contributed by atoms with Crippen molar-refractivity contribution in [2.75, 3.05) is 11.6 Å². The summed E-state index contributed by atoms with van der Waals surface area (Å²) >= 11 is 17.4. The zero-order chi connectivity index (χ0) is 6.41. The van der Waals surface area contributed by atoms with E-state index in [0.29, 0.717) is 10.4 Å². The third kappa shape index (κ3) is 6.96. The predicted octanol–water partition coefficient (Wildman–Crippen LogP) is 3.23. The van der Waals surface area contributed by atoms with Crippen LogP contribution in [0.5, 0.6) is 0 Å². The van der Waals surface area contributed by atoms with Gasteiger partial charge in [0.2, 0.25) is 0 Å². The molecular formula is C4H5Cl3S. The monoisotopic (exact) mass is 190 g/mol. The van der Waals surface area contributed by atoms with Gasteiger partial charge in [-0.25, -0.2) is 0 Å². The van der Waals surface area contributed by atoms with Gasteiger partial charge in [-0.2, -0.15) is 0 Å². The fourth-order valence-electron chi connectivity index (χ4n) is 0.166. The second-order valence-corrected chi connectivity index (χ2v) is 3.33. The van der Waals surface area contributed by atoms with E-state index in [1.807, 2.05) is 0 Å². The lowest BCUT2D eigenvalue weighted by Gasteiger charge is -1.85. The number of halogens is 3. The molecule has 0 atom stereocenters. The van der Waals surface area contributed by atoms with Gasteiger partial charge in [0.1, 0.15) is 4.49 Å². The zero-order valence-corrected chi connectivity index (χ0v) is 7.12. The second kappa shape index (κ2) is 6.09. The van der Waals surface area contributed by atoms with Crippen LogP contribution in [0.3, 0.4) is 0 Å². The van der Waals surface area contributed by atoms with Crippen LogP contribution in [0, 0.1) is 0 Å². The maximum atomic E-state index is 5.35. The molecule has 0 spiro atoms. The van der Waals surface area contributed by atoms with Gasteiger partial charge >= 0.3 is 0 Å². The van der Waals surface area contributed by atoms with Crippen molar-refractivity contribution in [2.24, 2.45) is 0 Å². The third-order valence-corrected chi connectivity index (χ3v) is 2.10. The summed E-state index contributed by atoms with van der Waals surface area (Å²) in [4.78, 5) is 0. The first-order valence-electron chi connectivity index (χ1n) is 1.96. The summed E-state index contributed by atoms with van der Waals surface area (Å²) in [5.41, 5.74) is 0. The molecule has 0 saturated heterocycles. The molecule has 0 amide bonds. The smallest absolute Gasteiger partial charge is 0.113 e. The summed E-state index contributed by atoms with van der Waals surface area (Å²) in [5.74, 6) is 1.48. The van der Waals surface area contributed by atoms with Crippen molar-refractivity contribution in [3.8, 4) is 0 Å². The normalized spacial score (nSPS) is 8.88. The Morgan fingerprint density at radius 1 is 1.50 bits per heavy atom. The van der Waals surface area contributed by atoms with Gasteiger partial charge in [-0.3, -0.25) is 0 Å². The van der Waals surface area contributed by atoms with Crippen LogP contribution in [0.1, 0.15) is 0 Å². The average Bonchev–Trinajstić information content (AvgIpc) is 1.66. The highest BCUT2D eigenvalue weighted by atomic mass is 35.5. The summed E-state index contributed by atoms with van der Waals surface area (Å²) < 4.78 is 0.292. The third-order valence-electron chi connectivity index (χ3n) is 0.367. The molecule has 0 radical (unpaired) electrons. The molecule has 0 heterocycles. The lowest BCUT2D eigenvalue weighted by Crippen LogP contribution is -1.72. The molecule has 0 aliphatic carbocycles. The van der Waals surface area contributed by atoms with Gasteiger partial charge in [-0.05, 0) is 0 Å². The van der Waals surface area contributed by atoms with Crippen molar-refractivity contribution in [3.05, 3.63) is 9.90 Å². The fourth-order valence-corrected chi connectivity index (χ4v) is 1.14. The summed E-state index contributed by atoms with van der Waals surface area (Å²) in [7, 11) is 0. The van der Waals surface area contributed by atoms with Crippen LogP contribution in [0.15, 0.2) is 9.90 Å². The number of hydrogen-bond acceptors (Lipinski definition) is 1. The molecule has 0 unspecified atom stereocenters. The minimum atomic E-state index is 0.292. The van der Waals surface area contributed by atoms with Crippen LogP contribution in [-0.4, -0.2) is 11.6 Å². The number of hydrogen-bond donors (Lipinski definition) is 0. The standard InChI is InChI=1S/C4H5Cl3S/c5-1-2-8-3-4(6)7/h3H,1-2H2. The van der Waals surface area contributed by atoms with E-state index in [9.17, 15) is 0 Å². The Labute approximate surface area is 68.2 Å². The molecule has 4 heteroatoms. The van der Waals surface area contributed by atoms with Gasteiger partial charge in [0.15, 0.2) is 0 Å². The van der Waals surface area contributed by atoms with Gasteiger partial charge < -0.3 is 0 Å². The first kappa shape index (κ1) is 8.96. The number of alkyl halides is 1. The first-order chi connectivity index (χ1) is 3.77. The predicted molar refractivity (Wildman–Crippen MR) is 43.0 cm³/mol. The Kier molecular flexibility index (Phi) is 6.82. The topological polar surface area (TPSA) is 0 Å². The Bertz CT molecular complexity index is 77.4. The molecule has 0 nitrogen and oxygen atoms in total. The molecule has 0 N–H and O–H groups in total. The summed E-state index contributed by atoms with van der Waals surface area (Å²) in [5, 5.41) is 1.66. The minimum Gasteiger partial charge on any atom is -0.130 e. The number of thioether (sulfide) groups is 1. The quantitative estimate of drug-likeness (QED) is 0.488. The van der Waals surface area contributed by atoms with Crippen molar-refractivity contribution in [1.29, 1.82) is 0 Å². The van der Waals surface area contributed by atoms with Crippen LogP contribution < -0.4 is 0 Å². The van der Waals surface area contributed by atoms with Crippen molar-refractivity contribution < 1.29 is 0 Å². The van der Waals surface area contributed by atoms with E-state index in [4.69, 9.17) is 34.8 Å². The van der Waals surface area contributed by atoms with Crippen molar-refractivity contribution in [2.45, 2.75) is 0 Å². The Balaban J connectivity index is 3.03. The van der Waals surface area contributed by atoms with E-state index >= 15 is 0 Å². The fraction of sp³-hybridized carbons (Fsp3) is 0.500. The molecule has 0 aliphatic heterocycles. The Morgan fingerprint density at radius 2 is 2.12 bits per heavy atom. The molecule has 0 bridgehead atoms. The molecule has 0 fully saturated rings. The van der Waals surface area contributed by atoms with Gasteiger partial charge in [0.25, 0.3) is 0 Å². The van der Waals surface area contributed by atoms with E-state index in [2.05, 4.69) is 0 Å². The Hall–Kier alpha value is 0.960. The summed E-state index contributed by atoms with van der Waals surface area (Å²) in [6, 6.07) is 0. The van der Waals surface area contributed by atoms with Crippen molar-refractivity contribution >= 4 is 46.6 Å². The van der Waals surface area contributed by atoms with E-state index in [1.54, 1.807) is 5.41 Å². The summed E-state index contributed by atoms with van der Waals surface area (Å²) in [6.45, 7) is 0. The average molecular weight is 192 g/mol. The van der Waals surface area contributed by atoms with E-state index in [0.717, 1.165) is 5.75 Å². The van der Waals surface area contributed by atoms with E-state index < -0.39 is 0 Å². The first-order valence-corrected chi connectivity index (χ1v) is 4.30. The molecule has 48 valence electrons. The van der Waals surface area contributed by atoms with Gasteiger partial charge in [-0.15, -0.1) is 23.4 Å². The highest BCUT2D eigenvalue weighted by Gasteiger charge is 1.82. The SMILES string of the molecule is ClCCSC=C(Cl)Cl. The van der Waals surface area contributed by atoms with Crippen LogP contribution in [0.2, 0.25) is 0 Å². The van der Waals surface area contributed by atoms with Crippen molar-refractivity contribution in [3.63, 3.8) is 0 Å². The molecule has 8 heavy (non-hydrogen) atoms. The van der Waals surface area contributed by atoms with E-state index in [-0.39, 0.29) is 0 Å². The lowest BCUT2D eigenvalue weighted by atomic mass is 11.0. The van der Waals surface area contributed by atoms with Gasteiger partial charge in [0.05, 0.1) is 0 Å². The highest BCUT2D eigenvalue weighted by molar-refractivity contribution is 8.02. The molecule has 0 rings (SSSR count). The molecule has 0 aliphatic rings. The highest BCUT2D eigenvalue weighted by Crippen LogP contribution is 2.13. The Morgan fingerprint density at radius 3 is 2.50 bits per heavy atom. The lowest BCUT2D eigenvalue weighted by molar-refractivity contribution is 1.55. The van der Waals surface area contributed by atoms with Crippen LogP contribution in [0.4, 0.5) is 0 Å². The molecule has 0 aromatic carbocycles. The van der Waals surface area contributed by atoms with Crippen LogP contribution in [-0.2, 0) is 0 Å². The minimum absolute atomic E-state index is 0.292. The largest absolute Gasteiger partial charge is 0.130 e. The van der Waals surface area contributed by atoms with Crippen molar-refractivity contribution in [1.82, 2.24) is 0 Å². The molecular weight excluding hydrogens is 186 g/mol. The van der Waals surface area contributed by atoms with Crippen LogP contribution in [0.25, 0.3) is 0 Å². The van der Waals surface area contributed by atoms with Gasteiger partial charge in [0, 0.05) is 17.0 Å². The summed E-state index contributed by atoms with van der Waals surface area (Å²) in [6.07, 6.45) is 0. The molecule has 0 saturated carbocycles. The number of rotatable bonds is 3. The second-order valence-electron chi connectivity index (χ2n) is 0.967. The maximum Gasteiger partial charge on any atom is 0.113 e. The van der Waals surface area contributed by atoms with Crippen LogP contribution >= 0.6 is 46.6 Å². The molecule has 0 aromatic heterocycles. The van der Waals surface area contributed by atoms with Gasteiger partial charge in [-0.1, -0.05) is 23.2 Å². The molecule has 0 aromatic rings. The van der Waals surface area contributed by atoms with E-state index in [1.165, 1.54) is 11.8 Å². The maximum absolute atomic E-state index is 5.35.